The number of amides is 2. The molecule has 3 rings (SSSR count). The van der Waals surface area contributed by atoms with Gasteiger partial charge in [0.2, 0.25) is 0 Å². The summed E-state index contributed by atoms with van der Waals surface area (Å²) < 4.78 is 5.15. The first-order valence-electron chi connectivity index (χ1n) is 9.24. The van der Waals surface area contributed by atoms with Gasteiger partial charge in [-0.15, -0.1) is 5.06 Å². The second kappa shape index (κ2) is 8.77. The number of esters is 1. The van der Waals surface area contributed by atoms with Crippen LogP contribution in [0.25, 0.3) is 10.4 Å². The van der Waals surface area contributed by atoms with Crippen molar-refractivity contribution >= 4 is 17.8 Å². The van der Waals surface area contributed by atoms with Gasteiger partial charge in [0.15, 0.2) is 0 Å². The Morgan fingerprint density at radius 1 is 1.07 bits per heavy atom. The maximum absolute atomic E-state index is 12.3. The molecular formula is C21H20N4O5. The third kappa shape index (κ3) is 4.17. The van der Waals surface area contributed by atoms with Crippen molar-refractivity contribution in [3.63, 3.8) is 0 Å². The highest BCUT2D eigenvalue weighted by atomic mass is 16.7. The van der Waals surface area contributed by atoms with E-state index >= 15 is 0 Å². The zero-order valence-corrected chi connectivity index (χ0v) is 16.6. The smallest absolute Gasteiger partial charge is 0.315 e. The predicted octanol–water partition coefficient (Wildman–Crippen LogP) is 3.55. The van der Waals surface area contributed by atoms with Crippen LogP contribution < -0.4 is 0 Å². The summed E-state index contributed by atoms with van der Waals surface area (Å²) in [5.74, 6) is -1.42. The highest BCUT2D eigenvalue weighted by Gasteiger charge is 2.36. The van der Waals surface area contributed by atoms with E-state index < -0.39 is 23.2 Å². The first-order valence-corrected chi connectivity index (χ1v) is 9.24. The first kappa shape index (κ1) is 21.0. The summed E-state index contributed by atoms with van der Waals surface area (Å²) in [6.45, 7) is 3.56. The van der Waals surface area contributed by atoms with Gasteiger partial charge in [0.25, 0.3) is 11.8 Å². The highest BCUT2D eigenvalue weighted by Crippen LogP contribution is 2.26. The lowest BCUT2D eigenvalue weighted by atomic mass is 9.84. The monoisotopic (exact) mass is 408 g/mol. The molecule has 0 N–H and O–H groups in total. The quantitative estimate of drug-likeness (QED) is 0.165. The van der Waals surface area contributed by atoms with Gasteiger partial charge >= 0.3 is 5.97 Å². The molecule has 1 heterocycles. The maximum Gasteiger partial charge on any atom is 0.315 e. The SMILES string of the molecule is CC(C)(C(=O)OCCN=[N+]=[N-])c1ccc(CON2C(=O)c3ccccc3C2=O)cc1. The van der Waals surface area contributed by atoms with E-state index in [4.69, 9.17) is 15.1 Å². The average Bonchev–Trinajstić information content (AvgIpc) is 3.00. The van der Waals surface area contributed by atoms with Crippen LogP contribution in [-0.4, -0.2) is 36.0 Å². The van der Waals surface area contributed by atoms with Crippen LogP contribution in [0, 0.1) is 0 Å². The fourth-order valence-electron chi connectivity index (χ4n) is 2.96. The molecule has 1 aliphatic rings. The standard InChI is InChI=1S/C21H20N4O5/c1-21(2,20(28)29-12-11-23-24-22)15-9-7-14(8-10-15)13-30-25-18(26)16-5-3-4-6-17(16)19(25)27/h3-10H,11-13H2,1-2H3. The van der Waals surface area contributed by atoms with Crippen LogP contribution in [0.15, 0.2) is 53.6 Å². The molecule has 9 heteroatoms. The molecular weight excluding hydrogens is 388 g/mol. The van der Waals surface area contributed by atoms with Crippen LogP contribution in [0.1, 0.15) is 45.7 Å². The summed E-state index contributed by atoms with van der Waals surface area (Å²) in [5.41, 5.74) is 9.43. The summed E-state index contributed by atoms with van der Waals surface area (Å²) >= 11 is 0. The lowest BCUT2D eigenvalue weighted by molar-refractivity contribution is -0.149. The number of hydrogen-bond acceptors (Lipinski definition) is 6. The molecule has 0 saturated heterocycles. The van der Waals surface area contributed by atoms with Gasteiger partial charge in [-0.3, -0.25) is 19.2 Å². The lowest BCUT2D eigenvalue weighted by Gasteiger charge is -2.23. The van der Waals surface area contributed by atoms with Crippen molar-refractivity contribution in [2.45, 2.75) is 25.9 Å². The van der Waals surface area contributed by atoms with Crippen LogP contribution in [0.5, 0.6) is 0 Å². The summed E-state index contributed by atoms with van der Waals surface area (Å²) in [4.78, 5) is 45.0. The van der Waals surface area contributed by atoms with E-state index in [9.17, 15) is 14.4 Å². The van der Waals surface area contributed by atoms with Gasteiger partial charge in [0, 0.05) is 4.91 Å². The molecule has 9 nitrogen and oxygen atoms in total. The normalized spacial score (nSPS) is 13.1. The fraction of sp³-hybridized carbons (Fsp3) is 0.286. The van der Waals surface area contributed by atoms with E-state index in [1.54, 1.807) is 62.4 Å². The topological polar surface area (TPSA) is 122 Å². The van der Waals surface area contributed by atoms with Gasteiger partial charge in [0.1, 0.15) is 6.61 Å². The zero-order chi connectivity index (χ0) is 21.7. The van der Waals surface area contributed by atoms with E-state index in [-0.39, 0.29) is 19.8 Å². The molecule has 0 aliphatic carbocycles. The number of azide groups is 1. The number of hydrogen-bond donors (Lipinski definition) is 0. The average molecular weight is 408 g/mol. The van der Waals surface area contributed by atoms with E-state index in [0.717, 1.165) is 16.2 Å². The number of hydroxylamine groups is 2. The molecule has 0 radical (unpaired) electrons. The zero-order valence-electron chi connectivity index (χ0n) is 16.6. The Hall–Kier alpha value is -3.68. The molecule has 0 unspecified atom stereocenters. The van der Waals surface area contributed by atoms with E-state index in [0.29, 0.717) is 11.1 Å². The van der Waals surface area contributed by atoms with E-state index in [1.807, 2.05) is 0 Å². The van der Waals surface area contributed by atoms with E-state index in [1.165, 1.54) is 0 Å². The number of ether oxygens (including phenoxy) is 1. The van der Waals surface area contributed by atoms with Crippen molar-refractivity contribution < 1.29 is 24.0 Å². The molecule has 0 atom stereocenters. The molecule has 0 fully saturated rings. The Morgan fingerprint density at radius 3 is 2.23 bits per heavy atom. The molecule has 2 amide bonds. The predicted molar refractivity (Wildman–Crippen MR) is 106 cm³/mol. The lowest BCUT2D eigenvalue weighted by Crippen LogP contribution is -2.31. The first-order chi connectivity index (χ1) is 14.4. The fourth-order valence-corrected chi connectivity index (χ4v) is 2.96. The molecule has 1 aliphatic heterocycles. The molecule has 0 saturated carbocycles. The Bertz CT molecular complexity index is 991. The van der Waals surface area contributed by atoms with Crippen molar-refractivity contribution in [3.05, 3.63) is 81.2 Å². The van der Waals surface area contributed by atoms with Gasteiger partial charge in [-0.2, -0.15) is 0 Å². The number of carbonyl (C=O) groups excluding carboxylic acids is 3. The molecule has 0 spiro atoms. The summed E-state index contributed by atoms with van der Waals surface area (Å²) in [6.07, 6.45) is 0. The van der Waals surface area contributed by atoms with E-state index in [2.05, 4.69) is 10.0 Å². The molecule has 0 aromatic heterocycles. The number of nitrogens with zero attached hydrogens (tertiary/aromatic N) is 4. The number of rotatable bonds is 8. The van der Waals surface area contributed by atoms with Gasteiger partial charge in [0.05, 0.1) is 29.7 Å². The van der Waals surface area contributed by atoms with Crippen molar-refractivity contribution in [3.8, 4) is 0 Å². The third-order valence-corrected chi connectivity index (χ3v) is 4.79. The minimum Gasteiger partial charge on any atom is -0.465 e. The number of carbonyl (C=O) groups is 3. The van der Waals surface area contributed by atoms with Gasteiger partial charge < -0.3 is 4.74 Å². The Kier molecular flexibility index (Phi) is 6.15. The Morgan fingerprint density at radius 2 is 1.67 bits per heavy atom. The Balaban J connectivity index is 1.61. The highest BCUT2D eigenvalue weighted by molar-refractivity contribution is 6.20. The van der Waals surface area contributed by atoms with Crippen molar-refractivity contribution in [2.24, 2.45) is 5.11 Å². The summed E-state index contributed by atoms with van der Waals surface area (Å²) in [6, 6.07) is 13.6. The number of fused-ring (bicyclic) bond motifs is 1. The van der Waals surface area contributed by atoms with Crippen molar-refractivity contribution in [1.82, 2.24) is 5.06 Å². The van der Waals surface area contributed by atoms with Crippen LogP contribution in [0.3, 0.4) is 0 Å². The molecule has 2 aromatic rings. The van der Waals surface area contributed by atoms with Gasteiger partial charge in [-0.1, -0.05) is 41.5 Å². The van der Waals surface area contributed by atoms with Gasteiger partial charge in [-0.25, -0.2) is 0 Å². The third-order valence-electron chi connectivity index (χ3n) is 4.79. The van der Waals surface area contributed by atoms with Crippen LogP contribution in [0.4, 0.5) is 0 Å². The van der Waals surface area contributed by atoms with Crippen molar-refractivity contribution in [2.75, 3.05) is 13.2 Å². The minimum atomic E-state index is -0.904. The van der Waals surface area contributed by atoms with Gasteiger partial charge in [-0.05, 0) is 42.6 Å². The second-order valence-electron chi connectivity index (χ2n) is 7.14. The molecule has 0 bridgehead atoms. The molecule has 30 heavy (non-hydrogen) atoms. The maximum atomic E-state index is 12.3. The Labute approximate surface area is 172 Å². The number of imide groups is 1. The van der Waals surface area contributed by atoms with Crippen molar-refractivity contribution in [1.29, 1.82) is 0 Å². The van der Waals surface area contributed by atoms with Crippen LogP contribution in [0.2, 0.25) is 0 Å². The minimum absolute atomic E-state index is 0.0124. The summed E-state index contributed by atoms with van der Waals surface area (Å²) in [5, 5.41) is 4.09. The molecule has 154 valence electrons. The number of benzene rings is 2. The second-order valence-corrected chi connectivity index (χ2v) is 7.14. The largest absolute Gasteiger partial charge is 0.465 e. The van der Waals surface area contributed by atoms with Crippen LogP contribution >= 0.6 is 0 Å². The molecule has 2 aromatic carbocycles. The van der Waals surface area contributed by atoms with Crippen LogP contribution in [-0.2, 0) is 26.4 Å². The summed E-state index contributed by atoms with van der Waals surface area (Å²) in [7, 11) is 0.